The number of carbonyl (C=O) groups is 1. The van der Waals surface area contributed by atoms with Crippen LogP contribution in [-0.2, 0) is 14.6 Å². The largest absolute Gasteiger partial charge is 0.491 e. The van der Waals surface area contributed by atoms with Gasteiger partial charge in [0.05, 0.1) is 6.04 Å². The molecule has 1 aliphatic rings. The van der Waals surface area contributed by atoms with Crippen molar-refractivity contribution in [1.29, 1.82) is 0 Å². The lowest BCUT2D eigenvalue weighted by atomic mass is 9.95. The van der Waals surface area contributed by atoms with Gasteiger partial charge in [0.2, 0.25) is 5.91 Å². The molecule has 1 aromatic rings. The smallest absolute Gasteiger partial charge is 0.241 e. The Balaban J connectivity index is 1.99. The van der Waals surface area contributed by atoms with Crippen LogP contribution in [0, 0.1) is 6.92 Å². The van der Waals surface area contributed by atoms with Crippen molar-refractivity contribution in [3.05, 3.63) is 29.8 Å². The van der Waals surface area contributed by atoms with Gasteiger partial charge in [0.15, 0.2) is 14.6 Å². The van der Waals surface area contributed by atoms with Crippen molar-refractivity contribution in [1.82, 2.24) is 10.6 Å². The molecule has 1 aromatic carbocycles. The lowest BCUT2D eigenvalue weighted by Crippen LogP contribution is -2.59. The summed E-state index contributed by atoms with van der Waals surface area (Å²) in [5.74, 6) is 0.308. The zero-order valence-corrected chi connectivity index (χ0v) is 15.3. The van der Waals surface area contributed by atoms with Gasteiger partial charge in [0, 0.05) is 6.26 Å². The fraction of sp³-hybridized carbons (Fsp3) is 0.588. The highest BCUT2D eigenvalue weighted by atomic mass is 32.2. The maximum Gasteiger partial charge on any atom is 0.241 e. The number of amides is 1. The molecule has 1 amide bonds. The summed E-state index contributed by atoms with van der Waals surface area (Å²) in [6.45, 7) is 5.12. The van der Waals surface area contributed by atoms with E-state index in [1.54, 1.807) is 0 Å². The number of piperidine rings is 1. The van der Waals surface area contributed by atoms with Gasteiger partial charge in [-0.05, 0) is 57.5 Å². The van der Waals surface area contributed by atoms with Crippen molar-refractivity contribution >= 4 is 15.7 Å². The Hall–Kier alpha value is -1.60. The van der Waals surface area contributed by atoms with Gasteiger partial charge in [-0.1, -0.05) is 12.1 Å². The van der Waals surface area contributed by atoms with Crippen molar-refractivity contribution in [3.63, 3.8) is 0 Å². The first-order valence-corrected chi connectivity index (χ1v) is 10.0. The second kappa shape index (κ2) is 7.53. The average molecular weight is 354 g/mol. The maximum absolute atomic E-state index is 12.7. The number of sulfone groups is 1. The van der Waals surface area contributed by atoms with Gasteiger partial charge < -0.3 is 15.4 Å². The number of carbonyl (C=O) groups excluding carboxylic acids is 1. The van der Waals surface area contributed by atoms with E-state index in [1.165, 1.54) is 0 Å². The normalized spacial score (nSPS) is 18.6. The van der Waals surface area contributed by atoms with Crippen LogP contribution < -0.4 is 15.4 Å². The summed E-state index contributed by atoms with van der Waals surface area (Å²) in [7, 11) is -3.50. The number of ether oxygens (including phenoxy) is 1. The van der Waals surface area contributed by atoms with E-state index >= 15 is 0 Å². The Kier molecular flexibility index (Phi) is 5.87. The SMILES string of the molecule is Cc1cccc(OCC(C)NC(=O)C2(S(C)(=O)=O)CCNCC2)c1. The van der Waals surface area contributed by atoms with Crippen molar-refractivity contribution in [2.45, 2.75) is 37.5 Å². The Labute approximate surface area is 143 Å². The highest BCUT2D eigenvalue weighted by Gasteiger charge is 2.48. The molecule has 0 saturated carbocycles. The molecule has 24 heavy (non-hydrogen) atoms. The summed E-state index contributed by atoms with van der Waals surface area (Å²) in [6.07, 6.45) is 1.73. The van der Waals surface area contributed by atoms with E-state index in [2.05, 4.69) is 10.6 Å². The van der Waals surface area contributed by atoms with Crippen LogP contribution in [0.1, 0.15) is 25.3 Å². The molecule has 1 unspecified atom stereocenters. The zero-order chi connectivity index (χ0) is 17.8. The molecule has 1 saturated heterocycles. The molecule has 0 bridgehead atoms. The standard InChI is InChI=1S/C17H26N2O4S/c1-13-5-4-6-15(11-13)23-12-14(2)19-16(20)17(24(3,21)22)7-9-18-10-8-17/h4-6,11,14,18H,7-10,12H2,1-3H3,(H,19,20). The van der Waals surface area contributed by atoms with E-state index in [4.69, 9.17) is 4.74 Å². The van der Waals surface area contributed by atoms with Crippen LogP contribution in [-0.4, -0.2) is 51.1 Å². The van der Waals surface area contributed by atoms with E-state index in [0.29, 0.717) is 25.9 Å². The molecule has 1 heterocycles. The number of hydrogen-bond acceptors (Lipinski definition) is 5. The summed E-state index contributed by atoms with van der Waals surface area (Å²) in [6, 6.07) is 7.37. The fourth-order valence-electron chi connectivity index (χ4n) is 2.92. The quantitative estimate of drug-likeness (QED) is 0.798. The fourth-order valence-corrected chi connectivity index (χ4v) is 4.26. The third-order valence-electron chi connectivity index (χ3n) is 4.40. The van der Waals surface area contributed by atoms with Crippen LogP contribution in [0.25, 0.3) is 0 Å². The van der Waals surface area contributed by atoms with Gasteiger partial charge in [-0.25, -0.2) is 8.42 Å². The molecule has 0 aromatic heterocycles. The number of hydrogen-bond donors (Lipinski definition) is 2. The predicted octanol–water partition coefficient (Wildman–Crippen LogP) is 1.05. The van der Waals surface area contributed by atoms with E-state index in [9.17, 15) is 13.2 Å². The second-order valence-electron chi connectivity index (χ2n) is 6.52. The Bertz CT molecular complexity index is 682. The van der Waals surface area contributed by atoms with Crippen LogP contribution in [0.5, 0.6) is 5.75 Å². The molecule has 2 rings (SSSR count). The van der Waals surface area contributed by atoms with Crippen molar-refractivity contribution < 1.29 is 17.9 Å². The average Bonchev–Trinajstić information content (AvgIpc) is 2.52. The second-order valence-corrected chi connectivity index (χ2v) is 8.84. The molecule has 0 aliphatic carbocycles. The summed E-state index contributed by atoms with van der Waals surface area (Å²) < 4.78 is 28.8. The minimum Gasteiger partial charge on any atom is -0.491 e. The molecule has 1 aliphatic heterocycles. The van der Waals surface area contributed by atoms with Crippen molar-refractivity contribution in [2.75, 3.05) is 26.0 Å². The zero-order valence-electron chi connectivity index (χ0n) is 14.5. The monoisotopic (exact) mass is 354 g/mol. The molecular weight excluding hydrogens is 328 g/mol. The highest BCUT2D eigenvalue weighted by molar-refractivity contribution is 7.92. The maximum atomic E-state index is 12.7. The van der Waals surface area contributed by atoms with Crippen LogP contribution in [0.15, 0.2) is 24.3 Å². The molecule has 2 N–H and O–H groups in total. The molecular formula is C17H26N2O4S. The Morgan fingerprint density at radius 3 is 2.62 bits per heavy atom. The van der Waals surface area contributed by atoms with E-state index in [0.717, 1.165) is 17.6 Å². The van der Waals surface area contributed by atoms with Crippen LogP contribution in [0.4, 0.5) is 0 Å². The summed E-state index contributed by atoms with van der Waals surface area (Å²) >= 11 is 0. The van der Waals surface area contributed by atoms with Gasteiger partial charge in [-0.2, -0.15) is 0 Å². The third-order valence-corrected chi connectivity index (χ3v) is 6.42. The summed E-state index contributed by atoms with van der Waals surface area (Å²) in [5, 5.41) is 5.91. The first-order valence-electron chi connectivity index (χ1n) is 8.15. The molecule has 1 atom stereocenters. The van der Waals surface area contributed by atoms with Gasteiger partial charge in [0.25, 0.3) is 0 Å². The van der Waals surface area contributed by atoms with Gasteiger partial charge in [-0.15, -0.1) is 0 Å². The highest BCUT2D eigenvalue weighted by Crippen LogP contribution is 2.28. The number of rotatable bonds is 6. The topological polar surface area (TPSA) is 84.5 Å². The minimum atomic E-state index is -3.50. The number of aryl methyl sites for hydroxylation is 1. The Morgan fingerprint density at radius 1 is 1.38 bits per heavy atom. The molecule has 6 nitrogen and oxygen atoms in total. The molecule has 0 radical (unpaired) electrons. The van der Waals surface area contributed by atoms with Crippen LogP contribution >= 0.6 is 0 Å². The molecule has 0 spiro atoms. The molecule has 134 valence electrons. The van der Waals surface area contributed by atoms with E-state index in [-0.39, 0.29) is 12.6 Å². The lowest BCUT2D eigenvalue weighted by Gasteiger charge is -2.35. The predicted molar refractivity (Wildman–Crippen MR) is 94.0 cm³/mol. The summed E-state index contributed by atoms with van der Waals surface area (Å²) in [4.78, 5) is 12.7. The first kappa shape index (κ1) is 18.7. The number of nitrogens with one attached hydrogen (secondary N) is 2. The lowest BCUT2D eigenvalue weighted by molar-refractivity contribution is -0.125. The van der Waals surface area contributed by atoms with E-state index < -0.39 is 20.5 Å². The van der Waals surface area contributed by atoms with E-state index in [1.807, 2.05) is 38.1 Å². The van der Waals surface area contributed by atoms with Crippen molar-refractivity contribution in [2.24, 2.45) is 0 Å². The molecule has 1 fully saturated rings. The minimum absolute atomic E-state index is 0.285. The van der Waals surface area contributed by atoms with Gasteiger partial charge in [0.1, 0.15) is 12.4 Å². The van der Waals surface area contributed by atoms with Crippen molar-refractivity contribution in [3.8, 4) is 5.75 Å². The van der Waals surface area contributed by atoms with Gasteiger partial charge >= 0.3 is 0 Å². The van der Waals surface area contributed by atoms with Gasteiger partial charge in [-0.3, -0.25) is 4.79 Å². The molecule has 7 heteroatoms. The Morgan fingerprint density at radius 2 is 2.04 bits per heavy atom. The summed E-state index contributed by atoms with van der Waals surface area (Å²) in [5.41, 5.74) is 1.09. The number of benzene rings is 1. The first-order chi connectivity index (χ1) is 11.2. The third kappa shape index (κ3) is 4.27. The van der Waals surface area contributed by atoms with Crippen LogP contribution in [0.3, 0.4) is 0 Å². The van der Waals surface area contributed by atoms with Crippen LogP contribution in [0.2, 0.25) is 0 Å².